The van der Waals surface area contributed by atoms with Gasteiger partial charge in [-0.1, -0.05) is 30.2 Å². The van der Waals surface area contributed by atoms with Gasteiger partial charge in [-0.25, -0.2) is 0 Å². The first-order valence-corrected chi connectivity index (χ1v) is 5.28. The Morgan fingerprint density at radius 2 is 1.75 bits per heavy atom. The van der Waals surface area contributed by atoms with Crippen LogP contribution in [0.25, 0.3) is 20.2 Å². The number of hydrogen-bond donors (Lipinski definition) is 2. The molecule has 3 aromatic rings. The lowest BCUT2D eigenvalue weighted by atomic mass is 9.80. The number of hydrogen-bond acceptors (Lipinski definition) is 3. The molecule has 0 bridgehead atoms. The van der Waals surface area contributed by atoms with Gasteiger partial charge in [0.25, 0.3) is 0 Å². The summed E-state index contributed by atoms with van der Waals surface area (Å²) in [5.74, 6) is 0. The van der Waals surface area contributed by atoms with Crippen LogP contribution >= 0.6 is 11.3 Å². The van der Waals surface area contributed by atoms with Crippen molar-refractivity contribution in [2.24, 2.45) is 0 Å². The molecule has 4 heteroatoms. The summed E-state index contributed by atoms with van der Waals surface area (Å²) in [4.78, 5) is 0. The van der Waals surface area contributed by atoms with Crippen LogP contribution in [-0.4, -0.2) is 17.2 Å². The van der Waals surface area contributed by atoms with Crippen molar-refractivity contribution in [1.29, 1.82) is 0 Å². The summed E-state index contributed by atoms with van der Waals surface area (Å²) < 4.78 is 55.7. The molecule has 0 amide bonds. The molecule has 2 N–H and O–H groups in total. The fourth-order valence-electron chi connectivity index (χ4n) is 1.44. The van der Waals surface area contributed by atoms with Gasteiger partial charge in [-0.05, 0) is 17.5 Å². The molecular formula is C12H9BO2S. The maximum absolute atomic E-state index is 9.34. The van der Waals surface area contributed by atoms with Gasteiger partial charge in [0.15, 0.2) is 0 Å². The van der Waals surface area contributed by atoms with Crippen LogP contribution in [0.4, 0.5) is 0 Å². The molecule has 16 heavy (non-hydrogen) atoms. The number of thiophene rings is 1. The summed E-state index contributed by atoms with van der Waals surface area (Å²) in [5, 5.41) is 18.8. The van der Waals surface area contributed by atoms with Gasteiger partial charge in [0, 0.05) is 20.2 Å². The van der Waals surface area contributed by atoms with Gasteiger partial charge in [-0.2, -0.15) is 0 Å². The third-order valence-electron chi connectivity index (χ3n) is 2.16. The normalized spacial score (nSPS) is 17.2. The first kappa shape index (κ1) is 4.88. The summed E-state index contributed by atoms with van der Waals surface area (Å²) in [6.45, 7) is 0. The van der Waals surface area contributed by atoms with Crippen molar-refractivity contribution in [3.05, 3.63) is 42.3 Å². The molecule has 0 unspecified atom stereocenters. The van der Waals surface area contributed by atoms with Crippen molar-refractivity contribution < 1.29 is 19.6 Å². The monoisotopic (exact) mass is 235 g/mol. The fraction of sp³-hybridized carbons (Fsp3) is 0. The van der Waals surface area contributed by atoms with Crippen LogP contribution in [0.15, 0.2) is 42.3 Å². The summed E-state index contributed by atoms with van der Waals surface area (Å²) in [5.41, 5.74) is -0.413. The molecule has 0 radical (unpaired) electrons. The van der Waals surface area contributed by atoms with Gasteiger partial charge in [-0.3, -0.25) is 0 Å². The van der Waals surface area contributed by atoms with E-state index in [0.29, 0.717) is 0 Å². The molecule has 0 atom stereocenters. The highest BCUT2D eigenvalue weighted by molar-refractivity contribution is 7.25. The Hall–Kier alpha value is -1.36. The smallest absolute Gasteiger partial charge is 0.423 e. The average Bonchev–Trinajstić information content (AvgIpc) is 2.89. The lowest BCUT2D eigenvalue weighted by Gasteiger charge is -1.98. The second-order valence-corrected chi connectivity index (χ2v) is 4.19. The highest BCUT2D eigenvalue weighted by atomic mass is 32.1. The molecule has 2 aromatic carbocycles. The van der Waals surface area contributed by atoms with E-state index >= 15 is 0 Å². The highest BCUT2D eigenvalue weighted by Gasteiger charge is 2.12. The molecule has 0 aliphatic rings. The molecule has 2 nitrogen and oxygen atoms in total. The molecule has 0 aliphatic carbocycles. The fourth-order valence-corrected chi connectivity index (χ4v) is 2.42. The van der Waals surface area contributed by atoms with Crippen molar-refractivity contribution in [2.75, 3.05) is 0 Å². The van der Waals surface area contributed by atoms with Crippen molar-refractivity contribution in [3.8, 4) is 0 Å². The Bertz CT molecular complexity index is 986. The van der Waals surface area contributed by atoms with E-state index in [1.165, 1.54) is 0 Å². The Kier molecular flexibility index (Phi) is 1.09. The van der Waals surface area contributed by atoms with E-state index in [1.54, 1.807) is 0 Å². The van der Waals surface area contributed by atoms with E-state index in [4.69, 9.17) is 9.60 Å². The lowest BCUT2D eigenvalue weighted by Crippen LogP contribution is -2.29. The molecule has 78 valence electrons. The van der Waals surface area contributed by atoms with Crippen LogP contribution in [0.2, 0.25) is 0 Å². The Labute approximate surface area is 107 Å². The molecule has 0 saturated heterocycles. The molecular weight excluding hydrogens is 219 g/mol. The Morgan fingerprint density at radius 1 is 1.00 bits per heavy atom. The largest absolute Gasteiger partial charge is 0.488 e. The maximum atomic E-state index is 9.34. The second kappa shape index (κ2) is 3.59. The molecule has 3 rings (SSSR count). The first-order chi connectivity index (χ1) is 10.7. The minimum atomic E-state index is -2.09. The third kappa shape index (κ3) is 1.43. The van der Waals surface area contributed by atoms with Crippen LogP contribution in [0, 0.1) is 0 Å². The topological polar surface area (TPSA) is 40.5 Å². The zero-order valence-corrected chi connectivity index (χ0v) is 8.70. The lowest BCUT2D eigenvalue weighted by molar-refractivity contribution is 0.426. The van der Waals surface area contributed by atoms with Gasteiger partial charge in [-0.15, -0.1) is 11.3 Å². The van der Waals surface area contributed by atoms with Crippen molar-refractivity contribution in [3.63, 3.8) is 0 Å². The van der Waals surface area contributed by atoms with Gasteiger partial charge in [0.2, 0.25) is 0 Å². The summed E-state index contributed by atoms with van der Waals surface area (Å²) in [6, 6.07) is -2.77. The number of fused-ring (bicyclic) bond motifs is 3. The summed E-state index contributed by atoms with van der Waals surface area (Å²) in [7, 11) is -2.09. The van der Waals surface area contributed by atoms with E-state index in [0.717, 1.165) is 11.3 Å². The third-order valence-corrected chi connectivity index (χ3v) is 3.18. The van der Waals surface area contributed by atoms with E-state index in [1.807, 2.05) is 0 Å². The molecule has 0 aliphatic heterocycles. The van der Waals surface area contributed by atoms with E-state index in [9.17, 15) is 10.0 Å². The summed E-state index contributed by atoms with van der Waals surface area (Å²) >= 11 is 0.882. The van der Waals surface area contributed by atoms with E-state index < -0.39 is 36.8 Å². The first-order valence-electron chi connectivity index (χ1n) is 7.96. The Balaban J connectivity index is 2.67. The van der Waals surface area contributed by atoms with Crippen LogP contribution in [-0.2, 0) is 0 Å². The van der Waals surface area contributed by atoms with Crippen LogP contribution in [0.3, 0.4) is 0 Å². The maximum Gasteiger partial charge on any atom is 0.488 e. The predicted octanol–water partition coefficient (Wildman–Crippen LogP) is 1.73. The zero-order valence-electron chi connectivity index (χ0n) is 14.9. The number of rotatable bonds is 1. The quantitative estimate of drug-likeness (QED) is 0.630. The predicted molar refractivity (Wildman–Crippen MR) is 69.2 cm³/mol. The zero-order chi connectivity index (χ0) is 17.2. The molecule has 0 spiro atoms. The van der Waals surface area contributed by atoms with Gasteiger partial charge < -0.3 is 10.0 Å². The average molecular weight is 235 g/mol. The van der Waals surface area contributed by atoms with Gasteiger partial charge in [0.1, 0.15) is 0 Å². The van der Waals surface area contributed by atoms with Gasteiger partial charge >= 0.3 is 7.12 Å². The van der Waals surface area contributed by atoms with Crippen molar-refractivity contribution in [2.45, 2.75) is 0 Å². The minimum absolute atomic E-state index is 0.0661. The van der Waals surface area contributed by atoms with Crippen LogP contribution in [0.5, 0.6) is 0 Å². The summed E-state index contributed by atoms with van der Waals surface area (Å²) in [6.07, 6.45) is 0. The second-order valence-electron chi connectivity index (χ2n) is 3.17. The Morgan fingerprint density at radius 3 is 2.56 bits per heavy atom. The van der Waals surface area contributed by atoms with Crippen LogP contribution in [0.1, 0.15) is 9.60 Å². The standard InChI is InChI=1S/C12H9BO2S/c14-13(15)8-5-6-10-9-3-1-2-4-11(9)16-12(10)7-8/h1-7,14-15H/i1D,2D,3D,4D,5D,6D,7D. The number of benzene rings is 2. The molecule has 0 fully saturated rings. The molecule has 0 saturated carbocycles. The minimum Gasteiger partial charge on any atom is -0.423 e. The highest BCUT2D eigenvalue weighted by Crippen LogP contribution is 2.32. The van der Waals surface area contributed by atoms with Crippen molar-refractivity contribution >= 4 is 44.1 Å². The molecule has 1 heterocycles. The SMILES string of the molecule is [2H]c1c([2H])c([2H])c2c(sc3c([2H])c(B(O)O)c([2H])c([2H])c32)c1[2H]. The van der Waals surface area contributed by atoms with E-state index in [2.05, 4.69) is 0 Å². The van der Waals surface area contributed by atoms with E-state index in [-0.39, 0.29) is 38.3 Å². The van der Waals surface area contributed by atoms with Crippen molar-refractivity contribution in [1.82, 2.24) is 0 Å². The van der Waals surface area contributed by atoms with Gasteiger partial charge in [0.05, 0.1) is 9.60 Å². The molecule has 1 aromatic heterocycles. The van der Waals surface area contributed by atoms with Crippen LogP contribution < -0.4 is 5.46 Å².